The van der Waals surface area contributed by atoms with Crippen LogP contribution in [0.1, 0.15) is 41.9 Å². The number of nitrogens with zero attached hydrogens (tertiary/aromatic N) is 1. The van der Waals surface area contributed by atoms with Crippen LogP contribution in [0.3, 0.4) is 0 Å². The summed E-state index contributed by atoms with van der Waals surface area (Å²) in [6, 6.07) is 0. The lowest BCUT2D eigenvalue weighted by atomic mass is 10.00. The van der Waals surface area contributed by atoms with Crippen molar-refractivity contribution < 1.29 is 14.1 Å². The fourth-order valence-corrected chi connectivity index (χ4v) is 2.51. The topological polar surface area (TPSA) is 30.2 Å². The zero-order valence-corrected chi connectivity index (χ0v) is 12.3. The van der Waals surface area contributed by atoms with Gasteiger partial charge < -0.3 is 4.74 Å². The van der Waals surface area contributed by atoms with Gasteiger partial charge in [0, 0.05) is 38.8 Å². The van der Waals surface area contributed by atoms with Gasteiger partial charge in [0.15, 0.2) is 11.4 Å². The molecule has 0 N–H and O–H groups in total. The molecule has 1 aromatic heterocycles. The first-order valence-electron chi connectivity index (χ1n) is 6.07. The molecule has 0 saturated heterocycles. The SMILES string of the molecule is [B]C(=O)OC(C)(C)[n+]1c(C)c(C)c(C)c(C)c1C. The first-order valence-corrected chi connectivity index (χ1v) is 6.07. The average molecular weight is 246 g/mol. The predicted octanol–water partition coefficient (Wildman–Crippen LogP) is 2.51. The molecule has 0 spiro atoms. The van der Waals surface area contributed by atoms with Crippen LogP contribution in [-0.4, -0.2) is 13.7 Å². The number of hydrogen-bond donors (Lipinski definition) is 0. The molecule has 0 aliphatic carbocycles. The number of carbonyl (C=O) groups excluding carboxylic acids is 1. The largest absolute Gasteiger partial charge is 0.411 e. The summed E-state index contributed by atoms with van der Waals surface area (Å²) in [5, 5.41) is 0. The lowest BCUT2D eigenvalue weighted by molar-refractivity contribution is -0.804. The van der Waals surface area contributed by atoms with Gasteiger partial charge in [-0.05, 0) is 26.3 Å². The molecule has 1 rings (SSSR count). The highest BCUT2D eigenvalue weighted by Crippen LogP contribution is 2.21. The summed E-state index contributed by atoms with van der Waals surface area (Å²) < 4.78 is 7.26. The van der Waals surface area contributed by atoms with Gasteiger partial charge in [0.25, 0.3) is 0 Å². The summed E-state index contributed by atoms with van der Waals surface area (Å²) in [5.74, 6) is -0.762. The zero-order chi connectivity index (χ0) is 14.2. The number of rotatable bonds is 2. The lowest BCUT2D eigenvalue weighted by Crippen LogP contribution is -2.59. The van der Waals surface area contributed by atoms with E-state index in [2.05, 4.69) is 20.8 Å². The lowest BCUT2D eigenvalue weighted by Gasteiger charge is -2.24. The van der Waals surface area contributed by atoms with E-state index in [0.29, 0.717) is 0 Å². The van der Waals surface area contributed by atoms with E-state index in [1.165, 1.54) is 16.7 Å². The molecule has 0 aliphatic heterocycles. The van der Waals surface area contributed by atoms with Crippen molar-refractivity contribution in [2.45, 2.75) is 54.2 Å². The van der Waals surface area contributed by atoms with Crippen LogP contribution >= 0.6 is 0 Å². The van der Waals surface area contributed by atoms with Crippen molar-refractivity contribution in [1.82, 2.24) is 0 Å². The second-order valence-electron chi connectivity index (χ2n) is 5.25. The highest BCUT2D eigenvalue weighted by molar-refractivity contribution is 6.55. The Labute approximate surface area is 111 Å². The van der Waals surface area contributed by atoms with Crippen LogP contribution in [0.25, 0.3) is 0 Å². The van der Waals surface area contributed by atoms with Gasteiger partial charge in [0.05, 0.1) is 0 Å². The van der Waals surface area contributed by atoms with Crippen molar-refractivity contribution in [2.24, 2.45) is 0 Å². The number of carbonyl (C=O) groups is 1. The van der Waals surface area contributed by atoms with Crippen molar-refractivity contribution in [1.29, 1.82) is 0 Å². The maximum Gasteiger partial charge on any atom is 0.307 e. The molecule has 1 aromatic rings. The van der Waals surface area contributed by atoms with E-state index < -0.39 is 11.6 Å². The number of aromatic nitrogens is 1. The van der Waals surface area contributed by atoms with E-state index in [0.717, 1.165) is 11.4 Å². The van der Waals surface area contributed by atoms with E-state index in [9.17, 15) is 4.79 Å². The first-order chi connectivity index (χ1) is 8.09. The molecule has 0 amide bonds. The summed E-state index contributed by atoms with van der Waals surface area (Å²) in [6.07, 6.45) is 0. The van der Waals surface area contributed by atoms with Gasteiger partial charge in [-0.1, -0.05) is 0 Å². The Balaban J connectivity index is 3.55. The molecule has 0 aliphatic rings. The summed E-state index contributed by atoms with van der Waals surface area (Å²) >= 11 is 0. The quantitative estimate of drug-likeness (QED) is 0.592. The Morgan fingerprint density at radius 2 is 1.39 bits per heavy atom. The summed E-state index contributed by atoms with van der Waals surface area (Å²) in [7, 11) is 5.15. The van der Waals surface area contributed by atoms with E-state index >= 15 is 0 Å². The van der Waals surface area contributed by atoms with E-state index in [4.69, 9.17) is 12.6 Å². The minimum Gasteiger partial charge on any atom is -0.411 e. The minimum absolute atomic E-state index is 0.762. The maximum absolute atomic E-state index is 11.0. The molecule has 0 unspecified atom stereocenters. The summed E-state index contributed by atoms with van der Waals surface area (Å²) in [6.45, 7) is 14.0. The highest BCUT2D eigenvalue weighted by Gasteiger charge is 2.37. The molecule has 0 saturated carbocycles. The molecule has 0 bridgehead atoms. The summed E-state index contributed by atoms with van der Waals surface area (Å²) in [4.78, 5) is 11.0. The van der Waals surface area contributed by atoms with Crippen LogP contribution in [0, 0.1) is 34.6 Å². The second kappa shape index (κ2) is 4.75. The molecule has 18 heavy (non-hydrogen) atoms. The minimum atomic E-state index is -0.788. The predicted molar refractivity (Wildman–Crippen MR) is 71.9 cm³/mol. The smallest absolute Gasteiger partial charge is 0.307 e. The van der Waals surface area contributed by atoms with Gasteiger partial charge in [-0.15, -0.1) is 0 Å². The van der Waals surface area contributed by atoms with E-state index in [1.54, 1.807) is 0 Å². The van der Waals surface area contributed by atoms with Gasteiger partial charge in [-0.2, -0.15) is 4.57 Å². The average Bonchev–Trinajstić information content (AvgIpc) is 2.21. The fourth-order valence-electron chi connectivity index (χ4n) is 2.51. The normalized spacial score (nSPS) is 11.5. The number of hydrogen-bond acceptors (Lipinski definition) is 2. The third-order valence-corrected chi connectivity index (χ3v) is 3.77. The fraction of sp³-hybridized carbons (Fsp3) is 0.571. The molecule has 0 fully saturated rings. The van der Waals surface area contributed by atoms with Crippen LogP contribution < -0.4 is 4.57 Å². The molecule has 3 nitrogen and oxygen atoms in total. The third kappa shape index (κ3) is 2.42. The van der Waals surface area contributed by atoms with Gasteiger partial charge >= 0.3 is 5.72 Å². The molecule has 1 heterocycles. The van der Waals surface area contributed by atoms with Crippen molar-refractivity contribution in [3.05, 3.63) is 28.1 Å². The Hall–Kier alpha value is -1.32. The van der Waals surface area contributed by atoms with Crippen LogP contribution in [0.5, 0.6) is 0 Å². The monoisotopic (exact) mass is 246 g/mol. The highest BCUT2D eigenvalue weighted by atomic mass is 16.6. The molecule has 4 heteroatoms. The third-order valence-electron chi connectivity index (χ3n) is 3.77. The molecular formula is C14H21BNO2+. The van der Waals surface area contributed by atoms with Crippen molar-refractivity contribution in [3.63, 3.8) is 0 Å². The number of ether oxygens (including phenoxy) is 1. The Morgan fingerprint density at radius 1 is 1.00 bits per heavy atom. The Morgan fingerprint density at radius 3 is 1.72 bits per heavy atom. The van der Waals surface area contributed by atoms with Crippen LogP contribution in [0.2, 0.25) is 0 Å². The Kier molecular flexibility index (Phi) is 3.89. The van der Waals surface area contributed by atoms with Gasteiger partial charge in [-0.3, -0.25) is 4.79 Å². The molecular weight excluding hydrogens is 225 g/mol. The second-order valence-corrected chi connectivity index (χ2v) is 5.25. The van der Waals surface area contributed by atoms with Crippen molar-refractivity contribution in [3.8, 4) is 0 Å². The van der Waals surface area contributed by atoms with Gasteiger partial charge in [0.2, 0.25) is 13.7 Å². The van der Waals surface area contributed by atoms with Crippen LogP contribution in [0.4, 0.5) is 4.79 Å². The zero-order valence-electron chi connectivity index (χ0n) is 12.3. The molecule has 0 aromatic carbocycles. The van der Waals surface area contributed by atoms with Crippen LogP contribution in [-0.2, 0) is 10.5 Å². The van der Waals surface area contributed by atoms with E-state index in [-0.39, 0.29) is 0 Å². The van der Waals surface area contributed by atoms with Crippen molar-refractivity contribution in [2.75, 3.05) is 0 Å². The molecule has 0 atom stereocenters. The summed E-state index contributed by atoms with van der Waals surface area (Å²) in [5.41, 5.74) is 5.07. The number of pyridine rings is 1. The van der Waals surface area contributed by atoms with E-state index in [1.807, 2.05) is 32.3 Å². The molecule has 96 valence electrons. The van der Waals surface area contributed by atoms with Gasteiger partial charge in [-0.25, -0.2) is 0 Å². The Bertz CT molecular complexity index is 478. The maximum atomic E-state index is 11.0. The van der Waals surface area contributed by atoms with Crippen molar-refractivity contribution >= 4 is 13.7 Å². The molecule has 2 radical (unpaired) electrons. The standard InChI is InChI=1S/C14H21BNO2/c1-8-9(2)11(4)16(12(5)10(8)3)14(6,7)18-13(15)17/h1-7H3/q+1. The van der Waals surface area contributed by atoms with Gasteiger partial charge in [0.1, 0.15) is 0 Å². The van der Waals surface area contributed by atoms with Crippen LogP contribution in [0.15, 0.2) is 0 Å². The first kappa shape index (κ1) is 14.7.